The molecule has 2 N–H and O–H groups in total. The summed E-state index contributed by atoms with van der Waals surface area (Å²) in [5.74, 6) is -0.597. The summed E-state index contributed by atoms with van der Waals surface area (Å²) in [5, 5.41) is 15.6. The van der Waals surface area contributed by atoms with E-state index in [2.05, 4.69) is 28.9 Å². The molecule has 0 aromatic heterocycles. The van der Waals surface area contributed by atoms with Crippen LogP contribution in [0.1, 0.15) is 35.2 Å². The lowest BCUT2D eigenvalue weighted by Gasteiger charge is -2.32. The van der Waals surface area contributed by atoms with E-state index in [0.29, 0.717) is 12.3 Å². The number of piperidine rings is 1. The highest BCUT2D eigenvalue weighted by Crippen LogP contribution is 2.31. The normalized spacial score (nSPS) is 20.8. The Morgan fingerprint density at radius 2 is 2.19 bits per heavy atom. The molecule has 0 bridgehead atoms. The third-order valence-corrected chi connectivity index (χ3v) is 5.22. The van der Waals surface area contributed by atoms with E-state index >= 15 is 0 Å². The molecule has 2 aliphatic rings. The van der Waals surface area contributed by atoms with E-state index in [1.54, 1.807) is 6.07 Å². The van der Waals surface area contributed by atoms with Crippen LogP contribution in [-0.4, -0.2) is 49.1 Å². The van der Waals surface area contributed by atoms with Crippen molar-refractivity contribution in [2.45, 2.75) is 31.6 Å². The quantitative estimate of drug-likeness (QED) is 0.600. The minimum absolute atomic E-state index is 0.0553. The van der Waals surface area contributed by atoms with Crippen LogP contribution in [0.15, 0.2) is 35.6 Å². The van der Waals surface area contributed by atoms with Crippen molar-refractivity contribution in [3.63, 3.8) is 0 Å². The zero-order valence-electron chi connectivity index (χ0n) is 15.0. The molecular weight excluding hydrogens is 333 g/mol. The van der Waals surface area contributed by atoms with Gasteiger partial charge in [-0.2, -0.15) is 4.91 Å². The van der Waals surface area contributed by atoms with Gasteiger partial charge in [-0.05, 0) is 63.4 Å². The lowest BCUT2D eigenvalue weighted by Crippen LogP contribution is -2.50. The van der Waals surface area contributed by atoms with Gasteiger partial charge in [0.2, 0.25) is 0 Å². The number of likely N-dealkylation sites (tertiary alicyclic amines) is 1. The number of hydrogen-bond donors (Lipinski definition) is 2. The van der Waals surface area contributed by atoms with Gasteiger partial charge >= 0.3 is 13.0 Å². The van der Waals surface area contributed by atoms with Crippen molar-refractivity contribution in [3.8, 4) is 5.75 Å². The Kier molecular flexibility index (Phi) is 5.61. The highest BCUT2D eigenvalue weighted by atomic mass is 16.5. The molecule has 0 saturated carbocycles. The number of carboxylic acids is 1. The number of nitrogens with zero attached hydrogens (tertiary/aromatic N) is 2. The number of aromatic carboxylic acids is 1. The highest BCUT2D eigenvalue weighted by Gasteiger charge is 2.39. The largest absolute Gasteiger partial charge is 0.570 e. The second-order valence-electron chi connectivity index (χ2n) is 7.22. The van der Waals surface area contributed by atoms with Gasteiger partial charge in [-0.15, -0.1) is 0 Å². The Morgan fingerprint density at radius 1 is 1.46 bits per heavy atom. The van der Waals surface area contributed by atoms with Crippen molar-refractivity contribution in [1.82, 2.24) is 10.2 Å². The van der Waals surface area contributed by atoms with Crippen molar-refractivity contribution in [3.05, 3.63) is 46.5 Å². The Labute approximate surface area is 153 Å². The zero-order valence-corrected chi connectivity index (χ0v) is 15.0. The van der Waals surface area contributed by atoms with Crippen LogP contribution in [0.25, 0.3) is 0 Å². The van der Waals surface area contributed by atoms with Crippen molar-refractivity contribution >= 4 is 13.0 Å². The van der Waals surface area contributed by atoms with Crippen LogP contribution in [0.4, 0.5) is 0 Å². The summed E-state index contributed by atoms with van der Waals surface area (Å²) in [6.07, 6.45) is 3.61. The summed E-state index contributed by atoms with van der Waals surface area (Å²) in [5.41, 5.74) is 1.69. The van der Waals surface area contributed by atoms with Crippen LogP contribution in [0.5, 0.6) is 5.75 Å². The average molecular weight is 357 g/mol. The number of carboxylic acid groups (broad SMARTS) is 1. The van der Waals surface area contributed by atoms with Gasteiger partial charge in [0.1, 0.15) is 5.75 Å². The molecule has 2 heterocycles. The lowest BCUT2D eigenvalue weighted by molar-refractivity contribution is 0.0694. The van der Waals surface area contributed by atoms with Crippen LogP contribution in [-0.2, 0) is 6.42 Å². The molecule has 0 amide bonds. The summed E-state index contributed by atoms with van der Waals surface area (Å²) < 4.78 is 5.62. The monoisotopic (exact) mass is 357 g/mol. The van der Waals surface area contributed by atoms with E-state index in [0.717, 1.165) is 43.6 Å². The maximum atomic E-state index is 11.3. The summed E-state index contributed by atoms with van der Waals surface area (Å²) >= 11 is 0. The molecule has 1 atom stereocenters. The topological polar surface area (TPSA) is 91.2 Å². The number of carbonyl (C=O) groups is 1. The molecular formula is C18H24BN3O4. The Bertz CT molecular complexity index is 704. The van der Waals surface area contributed by atoms with Gasteiger partial charge in [0.05, 0.1) is 11.5 Å². The molecule has 2 aliphatic heterocycles. The molecule has 1 aromatic carbocycles. The summed E-state index contributed by atoms with van der Waals surface area (Å²) in [6, 6.07) is 4.97. The minimum Gasteiger partial charge on any atom is -0.536 e. The molecule has 138 valence electrons. The number of nitrogens with one attached hydrogen (secondary N) is 1. The van der Waals surface area contributed by atoms with E-state index in [4.69, 9.17) is 4.65 Å². The Morgan fingerprint density at radius 3 is 2.85 bits per heavy atom. The second-order valence-corrected chi connectivity index (χ2v) is 7.22. The van der Waals surface area contributed by atoms with E-state index < -0.39 is 13.0 Å². The van der Waals surface area contributed by atoms with Crippen LogP contribution < -0.4 is 9.97 Å². The molecule has 26 heavy (non-hydrogen) atoms. The average Bonchev–Trinajstić information content (AvgIpc) is 2.62. The SMILES string of the molecule is C=C(CC1CCN(C)CC1)NC1Cc2cccc(C(=O)O)c2OB1N=O. The first-order valence-electron chi connectivity index (χ1n) is 8.95. The Hall–Kier alpha value is -2.35. The van der Waals surface area contributed by atoms with Gasteiger partial charge in [-0.3, -0.25) is 0 Å². The molecule has 8 heteroatoms. The van der Waals surface area contributed by atoms with Gasteiger partial charge in [-0.1, -0.05) is 23.8 Å². The minimum atomic E-state index is -1.08. The van der Waals surface area contributed by atoms with E-state index in [1.807, 2.05) is 6.07 Å². The van der Waals surface area contributed by atoms with E-state index in [9.17, 15) is 14.8 Å². The van der Waals surface area contributed by atoms with Crippen LogP contribution >= 0.6 is 0 Å². The standard InChI is InChI=1S/C18H24BN3O4/c1-12(10-13-6-8-22(2)9-7-13)20-16-11-14-4-3-5-15(18(23)24)17(14)26-19(16)21-25/h3-5,13,16,20H,1,6-11H2,2H3,(H,23,24). The van der Waals surface area contributed by atoms with E-state index in [1.165, 1.54) is 6.07 Å². The molecule has 7 nitrogen and oxygen atoms in total. The van der Waals surface area contributed by atoms with Gasteiger partial charge in [-0.25, -0.2) is 4.79 Å². The van der Waals surface area contributed by atoms with Crippen molar-refractivity contribution in [2.75, 3.05) is 20.1 Å². The summed E-state index contributed by atoms with van der Waals surface area (Å²) in [4.78, 5) is 24.9. The van der Waals surface area contributed by atoms with Gasteiger partial charge < -0.3 is 20.0 Å². The predicted octanol–water partition coefficient (Wildman–Crippen LogP) is 2.32. The number of nitroso groups, excluding NO2 is 1. The van der Waals surface area contributed by atoms with Gasteiger partial charge in [0.15, 0.2) is 0 Å². The predicted molar refractivity (Wildman–Crippen MR) is 100 cm³/mol. The smallest absolute Gasteiger partial charge is 0.536 e. The first-order valence-corrected chi connectivity index (χ1v) is 8.95. The van der Waals surface area contributed by atoms with Crippen LogP contribution in [0.2, 0.25) is 0 Å². The lowest BCUT2D eigenvalue weighted by atomic mass is 9.68. The second kappa shape index (κ2) is 7.91. The van der Waals surface area contributed by atoms with Crippen LogP contribution in [0, 0.1) is 10.8 Å². The summed E-state index contributed by atoms with van der Waals surface area (Å²) in [6.45, 7) is 6.30. The number of benzene rings is 1. The molecule has 0 aliphatic carbocycles. The molecule has 0 radical (unpaired) electrons. The number of fused-ring (bicyclic) bond motifs is 1. The Balaban J connectivity index is 1.66. The molecule has 1 unspecified atom stereocenters. The first-order chi connectivity index (χ1) is 12.5. The number of allylic oxidation sites excluding steroid dienone is 1. The zero-order chi connectivity index (χ0) is 18.7. The fourth-order valence-electron chi connectivity index (χ4n) is 3.75. The number of para-hydroxylation sites is 1. The van der Waals surface area contributed by atoms with E-state index in [-0.39, 0.29) is 17.3 Å². The third kappa shape index (κ3) is 4.07. The maximum absolute atomic E-state index is 11.3. The molecule has 1 saturated heterocycles. The molecule has 3 rings (SSSR count). The number of hydrogen-bond acceptors (Lipinski definition) is 6. The third-order valence-electron chi connectivity index (χ3n) is 5.22. The molecule has 1 fully saturated rings. The fourth-order valence-corrected chi connectivity index (χ4v) is 3.75. The molecule has 0 spiro atoms. The van der Waals surface area contributed by atoms with Crippen LogP contribution in [0.3, 0.4) is 0 Å². The van der Waals surface area contributed by atoms with Crippen molar-refractivity contribution in [1.29, 1.82) is 0 Å². The fraction of sp³-hybridized carbons (Fsp3) is 0.500. The highest BCUT2D eigenvalue weighted by molar-refractivity contribution is 6.53. The summed E-state index contributed by atoms with van der Waals surface area (Å²) in [7, 11) is 1.16. The van der Waals surface area contributed by atoms with Gasteiger partial charge in [0.25, 0.3) is 0 Å². The van der Waals surface area contributed by atoms with Crippen molar-refractivity contribution in [2.24, 2.45) is 11.0 Å². The maximum Gasteiger partial charge on any atom is 0.570 e. The first kappa shape index (κ1) is 18.4. The number of rotatable bonds is 6. The molecule has 1 aromatic rings. The van der Waals surface area contributed by atoms with Crippen molar-refractivity contribution < 1.29 is 14.6 Å². The van der Waals surface area contributed by atoms with Gasteiger partial charge in [0, 0.05) is 5.70 Å².